The third-order valence-electron chi connectivity index (χ3n) is 8.45. The van der Waals surface area contributed by atoms with E-state index in [-0.39, 0.29) is 20.1 Å². The molecule has 0 saturated heterocycles. The number of nitrogens with zero attached hydrogens (tertiary/aromatic N) is 2. The minimum atomic E-state index is -1.51. The summed E-state index contributed by atoms with van der Waals surface area (Å²) in [6.45, 7) is 12.7. The molecule has 0 bridgehead atoms. The molecule has 0 N–H and O–H groups in total. The van der Waals surface area contributed by atoms with E-state index in [2.05, 4.69) is 102 Å². The molecule has 0 atom stereocenters. The van der Waals surface area contributed by atoms with Gasteiger partial charge < -0.3 is 14.4 Å². The predicted octanol–water partition coefficient (Wildman–Crippen LogP) is 11.4. The summed E-state index contributed by atoms with van der Waals surface area (Å²) in [5, 5.41) is 8.18. The first-order valence-electron chi connectivity index (χ1n) is 17.4. The molecule has 5 aromatic carbocycles. The first kappa shape index (κ1) is 31.8. The van der Waals surface area contributed by atoms with Crippen LogP contribution >= 0.6 is 0 Å². The van der Waals surface area contributed by atoms with Crippen LogP contribution in [0.1, 0.15) is 29.1 Å². The zero-order valence-electron chi connectivity index (χ0n) is 30.7. The van der Waals surface area contributed by atoms with Crippen LogP contribution in [0.5, 0.6) is 0 Å². The van der Waals surface area contributed by atoms with Crippen molar-refractivity contribution in [2.75, 3.05) is 0 Å². The molecule has 0 aliphatic rings. The summed E-state index contributed by atoms with van der Waals surface area (Å²) in [6.07, 6.45) is 2.18. The Kier molecular flexibility index (Phi) is 8.99. The average molecular weight is 835 g/mol. The Labute approximate surface area is 306 Å². The first-order valence-corrected chi connectivity index (χ1v) is 19.9. The van der Waals surface area contributed by atoms with E-state index in [4.69, 9.17) is 7.16 Å². The van der Waals surface area contributed by atoms with Gasteiger partial charge in [0.1, 0.15) is 5.58 Å². The van der Waals surface area contributed by atoms with Crippen LogP contribution in [0.25, 0.3) is 66.0 Å². The monoisotopic (exact) mass is 835 g/mol. The van der Waals surface area contributed by atoms with Crippen molar-refractivity contribution in [2.45, 2.75) is 46.8 Å². The van der Waals surface area contributed by atoms with E-state index >= 15 is 0 Å². The van der Waals surface area contributed by atoms with Crippen molar-refractivity contribution in [2.24, 2.45) is 5.41 Å². The van der Waals surface area contributed by atoms with Crippen molar-refractivity contribution in [1.82, 2.24) is 9.97 Å². The summed E-state index contributed by atoms with van der Waals surface area (Å²) in [5.74, 6) is 0. The van der Waals surface area contributed by atoms with E-state index in [0.717, 1.165) is 44.1 Å². The number of rotatable bonds is 4. The number of pyridine rings is 2. The van der Waals surface area contributed by atoms with Crippen molar-refractivity contribution >= 4 is 56.7 Å². The zero-order valence-corrected chi connectivity index (χ0v) is 32.1. The molecule has 8 aromatic rings. The van der Waals surface area contributed by atoms with Crippen LogP contribution in [0.3, 0.4) is 0 Å². The molecule has 0 aliphatic heterocycles. The first-order chi connectivity index (χ1) is 23.8. The van der Waals surface area contributed by atoms with Crippen molar-refractivity contribution in [3.8, 4) is 22.5 Å². The fourth-order valence-corrected chi connectivity index (χ4v) is 7.10. The maximum atomic E-state index is 8.68. The van der Waals surface area contributed by atoms with Crippen LogP contribution in [-0.4, -0.2) is 18.0 Å². The van der Waals surface area contributed by atoms with E-state index in [0.29, 0.717) is 11.3 Å². The van der Waals surface area contributed by atoms with E-state index in [9.17, 15) is 0 Å². The quantitative estimate of drug-likeness (QED) is 0.101. The van der Waals surface area contributed by atoms with E-state index in [1.165, 1.54) is 21.3 Å². The summed E-state index contributed by atoms with van der Waals surface area (Å²) in [5.41, 5.74) is 5.05. The summed E-state index contributed by atoms with van der Waals surface area (Å²) >= 11 is 0. The Balaban J connectivity index is 0.000000222. The fraction of sp³-hybridized carbons (Fsp3) is 0.182. The van der Waals surface area contributed by atoms with Gasteiger partial charge in [0.25, 0.3) is 0 Å². The second-order valence-corrected chi connectivity index (χ2v) is 19.4. The van der Waals surface area contributed by atoms with Crippen LogP contribution in [0, 0.1) is 17.5 Å². The zero-order chi connectivity index (χ0) is 35.3. The maximum absolute atomic E-state index is 8.68. The van der Waals surface area contributed by atoms with Gasteiger partial charge in [-0.15, -0.1) is 54.1 Å². The molecule has 5 heteroatoms. The number of hydrogen-bond acceptors (Lipinski definition) is 3. The van der Waals surface area contributed by atoms with Gasteiger partial charge in [0.2, 0.25) is 0 Å². The van der Waals surface area contributed by atoms with Crippen LogP contribution in [-0.2, 0) is 26.5 Å². The second kappa shape index (κ2) is 13.8. The third-order valence-corrected chi connectivity index (χ3v) is 10.5. The van der Waals surface area contributed by atoms with Gasteiger partial charge in [-0.25, -0.2) is 0 Å². The van der Waals surface area contributed by atoms with Gasteiger partial charge in [0.15, 0.2) is 0 Å². The van der Waals surface area contributed by atoms with Gasteiger partial charge in [-0.05, 0) is 68.1 Å². The van der Waals surface area contributed by atoms with Crippen molar-refractivity contribution in [3.05, 3.63) is 139 Å². The summed E-state index contributed by atoms with van der Waals surface area (Å²) in [7, 11) is -1.23. The SMILES string of the molecule is C[Si](C)(C)c1ccc(-c2[c-]cccc2)nc1.[2H]C([2H])(c1ccnc(-c2[c-]ccc3c2oc2cc4c(ccc5ccccc54)cc23)c1)C(C)(C)C.[Ir]. The number of aromatic nitrogens is 2. The number of fused-ring (bicyclic) bond motifs is 6. The molecule has 49 heavy (non-hydrogen) atoms. The predicted molar refractivity (Wildman–Crippen MR) is 205 cm³/mol. The topological polar surface area (TPSA) is 38.9 Å². The van der Waals surface area contributed by atoms with Gasteiger partial charge in [-0.1, -0.05) is 112 Å². The van der Waals surface area contributed by atoms with E-state index in [1.807, 2.05) is 69.4 Å². The second-order valence-electron chi connectivity index (χ2n) is 14.3. The normalized spacial score (nSPS) is 12.7. The van der Waals surface area contributed by atoms with E-state index < -0.39 is 19.9 Å². The Bertz CT molecular complexity index is 2480. The molecule has 0 amide bonds. The summed E-state index contributed by atoms with van der Waals surface area (Å²) in [6, 6.07) is 43.2. The van der Waals surface area contributed by atoms with Gasteiger partial charge in [-0.2, -0.15) is 0 Å². The Morgan fingerprint density at radius 2 is 1.51 bits per heavy atom. The molecule has 0 aliphatic carbocycles. The molecule has 0 spiro atoms. The maximum Gasteiger partial charge on any atom is 0.121 e. The molecule has 3 aromatic heterocycles. The van der Waals surface area contributed by atoms with Crippen LogP contribution in [0.2, 0.25) is 19.6 Å². The molecule has 8 rings (SSSR count). The van der Waals surface area contributed by atoms with Crippen LogP contribution < -0.4 is 5.19 Å². The fourth-order valence-electron chi connectivity index (χ4n) is 6.06. The van der Waals surface area contributed by atoms with Crippen molar-refractivity contribution in [3.63, 3.8) is 0 Å². The van der Waals surface area contributed by atoms with Crippen LogP contribution in [0.15, 0.2) is 126 Å². The van der Waals surface area contributed by atoms with Crippen molar-refractivity contribution in [1.29, 1.82) is 0 Å². The van der Waals surface area contributed by atoms with Gasteiger partial charge >= 0.3 is 0 Å². The molecule has 0 saturated carbocycles. The molecule has 0 unspecified atom stereocenters. The molecular weight excluding hydrogens is 793 g/mol. The van der Waals surface area contributed by atoms with Crippen LogP contribution in [0.4, 0.5) is 0 Å². The summed E-state index contributed by atoms with van der Waals surface area (Å²) < 4.78 is 23.8. The molecule has 247 valence electrons. The molecule has 3 nitrogen and oxygen atoms in total. The Morgan fingerprint density at radius 3 is 2.24 bits per heavy atom. The van der Waals surface area contributed by atoms with E-state index in [1.54, 1.807) is 12.3 Å². The summed E-state index contributed by atoms with van der Waals surface area (Å²) in [4.78, 5) is 9.08. The Morgan fingerprint density at radius 1 is 0.714 bits per heavy atom. The van der Waals surface area contributed by atoms with Gasteiger partial charge in [0, 0.05) is 40.6 Å². The number of furan rings is 1. The molecule has 1 radical (unpaired) electrons. The smallest absolute Gasteiger partial charge is 0.121 e. The average Bonchev–Trinajstić information content (AvgIpc) is 3.48. The molecular formula is C44H40IrN2OSi-2. The number of hydrogen-bond donors (Lipinski definition) is 0. The number of benzene rings is 5. The van der Waals surface area contributed by atoms with Crippen molar-refractivity contribution < 1.29 is 27.3 Å². The largest absolute Gasteiger partial charge is 0.501 e. The standard InChI is InChI=1S/C30H24NO.C14H16NSi.Ir/c1-30(2,3)18-19-13-14-31-27(15-19)24-10-6-9-23-26-16-21-12-11-20-7-4-5-8-22(20)25(21)17-28(26)32-29(23)24;1-16(2,3)13-9-10-14(15-11-13)12-7-5-4-6-8-12;/h4-9,11-17H,18H2,1-3H3;4-7,9-11H,1-3H3;/q2*-1;/i18D2;;. The third kappa shape index (κ3) is 7.45. The van der Waals surface area contributed by atoms with Gasteiger partial charge in [0.05, 0.1) is 13.7 Å². The minimum Gasteiger partial charge on any atom is -0.501 e. The van der Waals surface area contributed by atoms with Gasteiger partial charge in [-0.3, -0.25) is 0 Å². The minimum absolute atomic E-state index is 0. The molecule has 0 fully saturated rings. The Hall–Kier alpha value is -4.41. The molecule has 3 heterocycles.